The summed E-state index contributed by atoms with van der Waals surface area (Å²) >= 11 is 3.22. The summed E-state index contributed by atoms with van der Waals surface area (Å²) in [4.78, 5) is 25.5. The SMILES string of the molecule is CCCn1c(SCC(=O)Nc2cccc(C(C)=O)c2)nnc1-c1csc2c1CCCC2. The zero-order valence-electron chi connectivity index (χ0n) is 17.8. The zero-order valence-corrected chi connectivity index (χ0v) is 19.4. The molecule has 2 heterocycles. The number of thioether (sulfide) groups is 1. The second-order valence-electron chi connectivity index (χ2n) is 7.69. The van der Waals surface area contributed by atoms with E-state index in [2.05, 4.69) is 32.4 Å². The fourth-order valence-corrected chi connectivity index (χ4v) is 5.73. The predicted molar refractivity (Wildman–Crippen MR) is 126 cm³/mol. The number of anilines is 1. The van der Waals surface area contributed by atoms with Crippen LogP contribution in [0.15, 0.2) is 34.8 Å². The van der Waals surface area contributed by atoms with Crippen LogP contribution < -0.4 is 5.32 Å². The Bertz CT molecular complexity index is 1100. The molecule has 8 heteroatoms. The number of fused-ring (bicyclic) bond motifs is 1. The van der Waals surface area contributed by atoms with Crippen LogP contribution >= 0.6 is 23.1 Å². The van der Waals surface area contributed by atoms with Gasteiger partial charge in [-0.05, 0) is 56.7 Å². The molecule has 1 aliphatic rings. The summed E-state index contributed by atoms with van der Waals surface area (Å²) in [5, 5.41) is 14.8. The van der Waals surface area contributed by atoms with Crippen molar-refractivity contribution in [2.45, 2.75) is 57.7 Å². The van der Waals surface area contributed by atoms with Crippen molar-refractivity contribution in [3.8, 4) is 11.4 Å². The molecule has 0 saturated carbocycles. The predicted octanol–water partition coefficient (Wildman–Crippen LogP) is 5.23. The van der Waals surface area contributed by atoms with E-state index in [4.69, 9.17) is 0 Å². The number of nitrogens with one attached hydrogen (secondary N) is 1. The maximum atomic E-state index is 12.5. The van der Waals surface area contributed by atoms with Gasteiger partial charge in [0.25, 0.3) is 0 Å². The highest BCUT2D eigenvalue weighted by Crippen LogP contribution is 2.37. The molecule has 162 valence electrons. The maximum Gasteiger partial charge on any atom is 0.234 e. The molecule has 0 saturated heterocycles. The standard InChI is InChI=1S/C23H26N4O2S2/c1-3-11-27-22(19-13-30-20-10-5-4-9-18(19)20)25-26-23(27)31-14-21(29)24-17-8-6-7-16(12-17)15(2)28/h6-8,12-13H,3-5,9-11,14H2,1-2H3,(H,24,29). The van der Waals surface area contributed by atoms with Crippen LogP contribution in [-0.2, 0) is 24.2 Å². The van der Waals surface area contributed by atoms with Crippen LogP contribution in [0.4, 0.5) is 5.69 Å². The first-order valence-electron chi connectivity index (χ1n) is 10.6. The van der Waals surface area contributed by atoms with Gasteiger partial charge in [-0.3, -0.25) is 9.59 Å². The van der Waals surface area contributed by atoms with Crippen LogP contribution in [0.2, 0.25) is 0 Å². The second kappa shape index (κ2) is 9.78. The molecule has 3 aromatic rings. The molecular weight excluding hydrogens is 428 g/mol. The fraction of sp³-hybridized carbons (Fsp3) is 0.391. The number of thiophene rings is 1. The Hall–Kier alpha value is -2.45. The Kier molecular flexibility index (Phi) is 6.87. The number of hydrogen-bond donors (Lipinski definition) is 1. The van der Waals surface area contributed by atoms with E-state index in [-0.39, 0.29) is 17.4 Å². The van der Waals surface area contributed by atoms with Gasteiger partial charge in [0.2, 0.25) is 5.91 Å². The number of carbonyl (C=O) groups excluding carboxylic acids is 2. The minimum Gasteiger partial charge on any atom is -0.325 e. The summed E-state index contributed by atoms with van der Waals surface area (Å²) in [5.41, 5.74) is 3.84. The highest BCUT2D eigenvalue weighted by atomic mass is 32.2. The van der Waals surface area contributed by atoms with Gasteiger partial charge in [-0.1, -0.05) is 30.8 Å². The van der Waals surface area contributed by atoms with Gasteiger partial charge in [0.05, 0.1) is 5.75 Å². The molecule has 4 rings (SSSR count). The third kappa shape index (κ3) is 4.91. The Morgan fingerprint density at radius 1 is 1.23 bits per heavy atom. The molecule has 31 heavy (non-hydrogen) atoms. The molecule has 2 aromatic heterocycles. The van der Waals surface area contributed by atoms with E-state index in [9.17, 15) is 9.59 Å². The Morgan fingerprint density at radius 3 is 2.87 bits per heavy atom. The van der Waals surface area contributed by atoms with Crippen molar-refractivity contribution in [2.24, 2.45) is 0 Å². The van der Waals surface area contributed by atoms with Crippen LogP contribution in [0.5, 0.6) is 0 Å². The number of Topliss-reactive ketones (excluding diaryl/α,β-unsaturated/α-hetero) is 1. The number of carbonyl (C=O) groups is 2. The van der Waals surface area contributed by atoms with Crippen LogP contribution in [0.25, 0.3) is 11.4 Å². The summed E-state index contributed by atoms with van der Waals surface area (Å²) in [6.07, 6.45) is 5.73. The number of ketones is 1. The summed E-state index contributed by atoms with van der Waals surface area (Å²) in [6.45, 7) is 4.47. The first kappa shape index (κ1) is 21.8. The number of benzene rings is 1. The lowest BCUT2D eigenvalue weighted by Gasteiger charge is -2.13. The van der Waals surface area contributed by atoms with E-state index in [1.54, 1.807) is 24.3 Å². The number of aryl methyl sites for hydroxylation is 1. The number of aromatic nitrogens is 3. The average molecular weight is 455 g/mol. The smallest absolute Gasteiger partial charge is 0.234 e. The van der Waals surface area contributed by atoms with Gasteiger partial charge in [-0.15, -0.1) is 21.5 Å². The quantitative estimate of drug-likeness (QED) is 0.373. The van der Waals surface area contributed by atoms with E-state index >= 15 is 0 Å². The highest BCUT2D eigenvalue weighted by Gasteiger charge is 2.22. The minimum absolute atomic E-state index is 0.0266. The lowest BCUT2D eigenvalue weighted by molar-refractivity contribution is -0.113. The van der Waals surface area contributed by atoms with Gasteiger partial charge in [0, 0.05) is 33.6 Å². The van der Waals surface area contributed by atoms with Gasteiger partial charge in [0.15, 0.2) is 16.8 Å². The molecule has 0 spiro atoms. The minimum atomic E-state index is -0.133. The largest absolute Gasteiger partial charge is 0.325 e. The van der Waals surface area contributed by atoms with Gasteiger partial charge >= 0.3 is 0 Å². The molecule has 0 unspecified atom stereocenters. The molecule has 0 aliphatic heterocycles. The van der Waals surface area contributed by atoms with Crippen LogP contribution in [0, 0.1) is 0 Å². The molecular formula is C23H26N4O2S2. The highest BCUT2D eigenvalue weighted by molar-refractivity contribution is 7.99. The zero-order chi connectivity index (χ0) is 21.8. The topological polar surface area (TPSA) is 76.9 Å². The van der Waals surface area contributed by atoms with Crippen LogP contribution in [-0.4, -0.2) is 32.2 Å². The molecule has 1 amide bonds. The van der Waals surface area contributed by atoms with Crippen molar-refractivity contribution >= 4 is 40.5 Å². The normalized spacial score (nSPS) is 13.1. The van der Waals surface area contributed by atoms with E-state index in [0.717, 1.165) is 36.8 Å². The van der Waals surface area contributed by atoms with E-state index < -0.39 is 0 Å². The van der Waals surface area contributed by atoms with Gasteiger partial charge < -0.3 is 9.88 Å². The van der Waals surface area contributed by atoms with E-state index in [0.29, 0.717) is 11.3 Å². The average Bonchev–Trinajstić information content (AvgIpc) is 3.36. The number of nitrogens with zero attached hydrogens (tertiary/aromatic N) is 3. The molecule has 1 N–H and O–H groups in total. The number of rotatable bonds is 8. The van der Waals surface area contributed by atoms with Gasteiger partial charge in [-0.25, -0.2) is 0 Å². The number of amides is 1. The molecule has 0 bridgehead atoms. The van der Waals surface area contributed by atoms with Crippen molar-refractivity contribution in [1.82, 2.24) is 14.8 Å². The Balaban J connectivity index is 1.48. The van der Waals surface area contributed by atoms with Crippen molar-refractivity contribution in [3.63, 3.8) is 0 Å². The molecule has 0 radical (unpaired) electrons. The lowest BCUT2D eigenvalue weighted by atomic mass is 9.95. The summed E-state index contributed by atoms with van der Waals surface area (Å²) in [5.74, 6) is 0.985. The van der Waals surface area contributed by atoms with Crippen LogP contribution in [0.3, 0.4) is 0 Å². The molecule has 0 fully saturated rings. The van der Waals surface area contributed by atoms with Crippen LogP contribution in [0.1, 0.15) is 53.9 Å². The van der Waals surface area contributed by atoms with Crippen molar-refractivity contribution in [1.29, 1.82) is 0 Å². The van der Waals surface area contributed by atoms with E-state index in [1.165, 1.54) is 47.5 Å². The summed E-state index contributed by atoms with van der Waals surface area (Å²) < 4.78 is 2.14. The van der Waals surface area contributed by atoms with Crippen molar-refractivity contribution in [3.05, 3.63) is 45.6 Å². The monoisotopic (exact) mass is 454 g/mol. The third-order valence-electron chi connectivity index (χ3n) is 5.35. The van der Waals surface area contributed by atoms with Crippen molar-refractivity contribution < 1.29 is 9.59 Å². The van der Waals surface area contributed by atoms with Gasteiger partial charge in [-0.2, -0.15) is 0 Å². The molecule has 6 nitrogen and oxygen atoms in total. The maximum absolute atomic E-state index is 12.5. The number of hydrogen-bond acceptors (Lipinski definition) is 6. The molecule has 0 atom stereocenters. The summed E-state index contributed by atoms with van der Waals surface area (Å²) in [7, 11) is 0. The Morgan fingerprint density at radius 2 is 2.06 bits per heavy atom. The first-order chi connectivity index (χ1) is 15.1. The summed E-state index contributed by atoms with van der Waals surface area (Å²) in [6, 6.07) is 6.99. The fourth-order valence-electron chi connectivity index (χ4n) is 3.84. The lowest BCUT2D eigenvalue weighted by Crippen LogP contribution is -2.15. The van der Waals surface area contributed by atoms with Gasteiger partial charge in [0.1, 0.15) is 0 Å². The first-order valence-corrected chi connectivity index (χ1v) is 12.5. The van der Waals surface area contributed by atoms with E-state index in [1.807, 2.05) is 11.3 Å². The Labute approximate surface area is 190 Å². The second-order valence-corrected chi connectivity index (χ2v) is 9.60. The molecule has 1 aromatic carbocycles. The van der Waals surface area contributed by atoms with Crippen molar-refractivity contribution in [2.75, 3.05) is 11.1 Å². The third-order valence-corrected chi connectivity index (χ3v) is 7.41. The molecule has 1 aliphatic carbocycles.